The molecule has 1 aromatic carbocycles. The second-order valence-electron chi connectivity index (χ2n) is 6.24. The third kappa shape index (κ3) is 5.25. The zero-order chi connectivity index (χ0) is 15.8. The lowest BCUT2D eigenvalue weighted by Crippen LogP contribution is -3.14. The van der Waals surface area contributed by atoms with Gasteiger partial charge in [0.2, 0.25) is 0 Å². The van der Waals surface area contributed by atoms with Gasteiger partial charge in [-0.1, -0.05) is 25.5 Å². The Kier molecular flexibility index (Phi) is 7.13. The molecule has 1 aromatic rings. The molecular formula is C18H30N3S+. The third-order valence-corrected chi connectivity index (χ3v) is 4.87. The number of likely N-dealkylation sites (tertiary alicyclic amines) is 1. The van der Waals surface area contributed by atoms with Crippen molar-refractivity contribution in [1.29, 1.82) is 0 Å². The maximum absolute atomic E-state index is 5.42. The van der Waals surface area contributed by atoms with E-state index in [9.17, 15) is 0 Å². The van der Waals surface area contributed by atoms with E-state index in [0.717, 1.165) is 23.8 Å². The summed E-state index contributed by atoms with van der Waals surface area (Å²) in [6.45, 7) is 7.99. The number of unbranched alkanes of at least 4 members (excludes halogenated alkanes) is 1. The summed E-state index contributed by atoms with van der Waals surface area (Å²) < 4.78 is 0. The van der Waals surface area contributed by atoms with Crippen LogP contribution in [0, 0.1) is 0 Å². The van der Waals surface area contributed by atoms with E-state index in [1.807, 2.05) is 0 Å². The van der Waals surface area contributed by atoms with Crippen LogP contribution in [0.2, 0.25) is 0 Å². The molecule has 0 aliphatic carbocycles. The molecular weight excluding hydrogens is 290 g/mol. The summed E-state index contributed by atoms with van der Waals surface area (Å²) in [6.07, 6.45) is 6.31. The molecule has 3 nitrogen and oxygen atoms in total. The normalized spacial score (nSPS) is 20.8. The van der Waals surface area contributed by atoms with Crippen LogP contribution in [-0.4, -0.2) is 30.8 Å². The van der Waals surface area contributed by atoms with E-state index in [1.165, 1.54) is 44.3 Å². The maximum Gasteiger partial charge on any atom is 0.170 e. The quantitative estimate of drug-likeness (QED) is 0.674. The van der Waals surface area contributed by atoms with Gasteiger partial charge < -0.3 is 15.5 Å². The van der Waals surface area contributed by atoms with E-state index in [4.69, 9.17) is 12.2 Å². The fourth-order valence-electron chi connectivity index (χ4n) is 3.22. The number of nitrogens with one attached hydrogen (secondary N) is 3. The first-order valence-corrected chi connectivity index (χ1v) is 9.12. The number of quaternary nitrogens is 1. The Hall–Kier alpha value is -1.13. The fourth-order valence-corrected chi connectivity index (χ4v) is 3.42. The molecule has 0 saturated carbocycles. The summed E-state index contributed by atoms with van der Waals surface area (Å²) in [6, 6.07) is 9.35. The van der Waals surface area contributed by atoms with E-state index in [2.05, 4.69) is 48.7 Å². The first kappa shape index (κ1) is 17.2. The molecule has 22 heavy (non-hydrogen) atoms. The Labute approximate surface area is 140 Å². The number of aryl methyl sites for hydroxylation is 1. The predicted octanol–water partition coefficient (Wildman–Crippen LogP) is 2.38. The zero-order valence-corrected chi connectivity index (χ0v) is 14.8. The SMILES string of the molecule is CCCCc1ccc(NC(=S)NC[C@@H]2CCC[NH+]2CC)cc1. The van der Waals surface area contributed by atoms with Crippen LogP contribution >= 0.6 is 12.2 Å². The van der Waals surface area contributed by atoms with E-state index in [1.54, 1.807) is 4.90 Å². The van der Waals surface area contributed by atoms with Crippen molar-refractivity contribution in [2.24, 2.45) is 0 Å². The summed E-state index contributed by atoms with van der Waals surface area (Å²) in [7, 11) is 0. The number of hydrogen-bond donors (Lipinski definition) is 3. The Morgan fingerprint density at radius 3 is 2.73 bits per heavy atom. The monoisotopic (exact) mass is 320 g/mol. The highest BCUT2D eigenvalue weighted by Crippen LogP contribution is 2.11. The Morgan fingerprint density at radius 2 is 2.05 bits per heavy atom. The Balaban J connectivity index is 1.74. The standard InChI is InChI=1S/C18H29N3S/c1-3-5-7-15-9-11-16(12-10-15)20-18(22)19-14-17-8-6-13-21(17)4-2/h9-12,17H,3-8,13-14H2,1-2H3,(H2,19,20,22)/p+1/t17-/m0/s1. The molecule has 1 heterocycles. The number of thiocarbonyl (C=S) groups is 1. The van der Waals surface area contributed by atoms with Gasteiger partial charge in [0.15, 0.2) is 5.11 Å². The number of rotatable bonds is 7. The van der Waals surface area contributed by atoms with Gasteiger partial charge in [0.05, 0.1) is 19.6 Å². The topological polar surface area (TPSA) is 28.5 Å². The molecule has 0 amide bonds. The fraction of sp³-hybridized carbons (Fsp3) is 0.611. The van der Waals surface area contributed by atoms with Crippen LogP contribution in [0.25, 0.3) is 0 Å². The number of anilines is 1. The molecule has 122 valence electrons. The highest BCUT2D eigenvalue weighted by molar-refractivity contribution is 7.80. The first-order chi connectivity index (χ1) is 10.7. The van der Waals surface area contributed by atoms with Crippen LogP contribution in [0.1, 0.15) is 45.1 Å². The Morgan fingerprint density at radius 1 is 1.27 bits per heavy atom. The van der Waals surface area contributed by atoms with Crippen LogP contribution in [0.3, 0.4) is 0 Å². The lowest BCUT2D eigenvalue weighted by Gasteiger charge is -2.21. The minimum atomic E-state index is 0.709. The van der Waals surface area contributed by atoms with E-state index in [0.29, 0.717) is 6.04 Å². The summed E-state index contributed by atoms with van der Waals surface area (Å²) in [4.78, 5) is 1.70. The van der Waals surface area contributed by atoms with Gasteiger partial charge in [-0.3, -0.25) is 0 Å². The van der Waals surface area contributed by atoms with Crippen molar-refractivity contribution in [2.75, 3.05) is 25.0 Å². The lowest BCUT2D eigenvalue weighted by molar-refractivity contribution is -0.909. The van der Waals surface area contributed by atoms with Crippen LogP contribution in [-0.2, 0) is 6.42 Å². The van der Waals surface area contributed by atoms with Gasteiger partial charge in [-0.05, 0) is 49.7 Å². The van der Waals surface area contributed by atoms with Crippen molar-refractivity contribution in [1.82, 2.24) is 5.32 Å². The first-order valence-electron chi connectivity index (χ1n) is 8.71. The maximum atomic E-state index is 5.42. The summed E-state index contributed by atoms with van der Waals surface area (Å²) >= 11 is 5.42. The third-order valence-electron chi connectivity index (χ3n) is 4.62. The van der Waals surface area contributed by atoms with Gasteiger partial charge in [0.25, 0.3) is 0 Å². The van der Waals surface area contributed by atoms with Gasteiger partial charge in [0, 0.05) is 18.5 Å². The smallest absolute Gasteiger partial charge is 0.170 e. The molecule has 1 aliphatic heterocycles. The van der Waals surface area contributed by atoms with Crippen molar-refractivity contribution < 1.29 is 4.90 Å². The molecule has 0 radical (unpaired) electrons. The number of benzene rings is 1. The molecule has 1 fully saturated rings. The van der Waals surface area contributed by atoms with Crippen molar-refractivity contribution in [3.8, 4) is 0 Å². The number of likely N-dealkylation sites (N-methyl/N-ethyl adjacent to an activating group) is 1. The number of hydrogen-bond acceptors (Lipinski definition) is 1. The minimum absolute atomic E-state index is 0.709. The van der Waals surface area contributed by atoms with E-state index < -0.39 is 0 Å². The van der Waals surface area contributed by atoms with Crippen LogP contribution < -0.4 is 15.5 Å². The lowest BCUT2D eigenvalue weighted by atomic mass is 10.1. The molecule has 1 saturated heterocycles. The van der Waals surface area contributed by atoms with E-state index >= 15 is 0 Å². The van der Waals surface area contributed by atoms with Gasteiger partial charge in [-0.25, -0.2) is 0 Å². The largest absolute Gasteiger partial charge is 0.356 e. The van der Waals surface area contributed by atoms with Crippen LogP contribution in [0.4, 0.5) is 5.69 Å². The second kappa shape index (κ2) is 9.11. The highest BCUT2D eigenvalue weighted by atomic mass is 32.1. The summed E-state index contributed by atoms with van der Waals surface area (Å²) in [5.74, 6) is 0. The van der Waals surface area contributed by atoms with Crippen molar-refractivity contribution in [3.05, 3.63) is 29.8 Å². The van der Waals surface area contributed by atoms with Crippen LogP contribution in [0.15, 0.2) is 24.3 Å². The molecule has 2 rings (SSSR count). The highest BCUT2D eigenvalue weighted by Gasteiger charge is 2.26. The molecule has 3 N–H and O–H groups in total. The van der Waals surface area contributed by atoms with Crippen molar-refractivity contribution in [2.45, 2.75) is 52.0 Å². The minimum Gasteiger partial charge on any atom is -0.356 e. The second-order valence-corrected chi connectivity index (χ2v) is 6.64. The average molecular weight is 321 g/mol. The molecule has 4 heteroatoms. The molecule has 2 atom stereocenters. The van der Waals surface area contributed by atoms with Crippen LogP contribution in [0.5, 0.6) is 0 Å². The molecule has 0 spiro atoms. The van der Waals surface area contributed by atoms with Crippen molar-refractivity contribution >= 4 is 23.0 Å². The molecule has 1 unspecified atom stereocenters. The molecule has 1 aliphatic rings. The van der Waals surface area contributed by atoms with Gasteiger partial charge in [0.1, 0.15) is 6.04 Å². The molecule has 0 aromatic heterocycles. The van der Waals surface area contributed by atoms with Crippen molar-refractivity contribution in [3.63, 3.8) is 0 Å². The van der Waals surface area contributed by atoms with E-state index in [-0.39, 0.29) is 0 Å². The van der Waals surface area contributed by atoms with Gasteiger partial charge in [-0.2, -0.15) is 0 Å². The van der Waals surface area contributed by atoms with Gasteiger partial charge in [-0.15, -0.1) is 0 Å². The summed E-state index contributed by atoms with van der Waals surface area (Å²) in [5.41, 5.74) is 2.48. The predicted molar refractivity (Wildman–Crippen MR) is 98.7 cm³/mol. The average Bonchev–Trinajstić information content (AvgIpc) is 3.00. The molecule has 0 bridgehead atoms. The van der Waals surface area contributed by atoms with Gasteiger partial charge >= 0.3 is 0 Å². The Bertz CT molecular complexity index is 458. The summed E-state index contributed by atoms with van der Waals surface area (Å²) in [5, 5.41) is 7.42. The zero-order valence-electron chi connectivity index (χ0n) is 14.0.